The average molecular weight is 425 g/mol. The molecule has 0 aliphatic heterocycles. The molecule has 0 aliphatic rings. The van der Waals surface area contributed by atoms with Crippen LogP contribution in [-0.2, 0) is 34.8 Å². The second-order valence-corrected chi connectivity index (χ2v) is 6.69. The maximum atomic E-state index is 5.72. The quantitative estimate of drug-likeness (QED) is 0.192. The van der Waals surface area contributed by atoms with E-state index < -0.39 is 0 Å². The van der Waals surface area contributed by atoms with Gasteiger partial charge < -0.3 is 33.2 Å². The van der Waals surface area contributed by atoms with Crippen molar-refractivity contribution < 1.29 is 33.2 Å². The lowest BCUT2D eigenvalue weighted by atomic mass is 10.1. The van der Waals surface area contributed by atoms with Crippen LogP contribution in [0.2, 0.25) is 0 Å². The number of hydrogen-bond acceptors (Lipinski definition) is 7. The van der Waals surface area contributed by atoms with E-state index in [0.717, 1.165) is 25.0 Å². The van der Waals surface area contributed by atoms with Gasteiger partial charge in [-0.25, -0.2) is 0 Å². The Hall–Kier alpha value is -1.66. The standard InChI is InChI=1S/C23H36O7/c1-5-7-22(29-18-24-2)16-27-14-15-28-17-23(30-19-25-3)9-6-8-20-10-12-21(26-4)13-11-20/h1,10-13,22-23H,6-9,14-19H2,2-4H3/t22-,23-/m0/s1. The Balaban J connectivity index is 2.22. The minimum Gasteiger partial charge on any atom is -0.497 e. The summed E-state index contributed by atoms with van der Waals surface area (Å²) in [5.74, 6) is 3.44. The van der Waals surface area contributed by atoms with Gasteiger partial charge in [-0.1, -0.05) is 12.1 Å². The van der Waals surface area contributed by atoms with Gasteiger partial charge in [-0.2, -0.15) is 0 Å². The van der Waals surface area contributed by atoms with Crippen molar-refractivity contribution in [3.05, 3.63) is 29.8 Å². The predicted molar refractivity (Wildman–Crippen MR) is 115 cm³/mol. The van der Waals surface area contributed by atoms with E-state index in [9.17, 15) is 0 Å². The number of terminal acetylenes is 1. The van der Waals surface area contributed by atoms with Crippen LogP contribution in [0.15, 0.2) is 24.3 Å². The Morgan fingerprint density at radius 1 is 0.867 bits per heavy atom. The zero-order valence-electron chi connectivity index (χ0n) is 18.5. The molecular formula is C23H36O7. The maximum Gasteiger partial charge on any atom is 0.146 e. The molecule has 1 rings (SSSR count). The second-order valence-electron chi connectivity index (χ2n) is 6.69. The molecule has 7 nitrogen and oxygen atoms in total. The minimum absolute atomic E-state index is 0.0255. The van der Waals surface area contributed by atoms with Gasteiger partial charge in [0, 0.05) is 20.6 Å². The Morgan fingerprint density at radius 3 is 2.03 bits per heavy atom. The van der Waals surface area contributed by atoms with Gasteiger partial charge >= 0.3 is 0 Å². The van der Waals surface area contributed by atoms with Gasteiger partial charge in [-0.3, -0.25) is 0 Å². The van der Waals surface area contributed by atoms with Crippen LogP contribution in [0.5, 0.6) is 5.75 Å². The third-order valence-corrected chi connectivity index (χ3v) is 4.32. The second kappa shape index (κ2) is 18.1. The van der Waals surface area contributed by atoms with Crippen LogP contribution in [-0.4, -0.2) is 73.6 Å². The summed E-state index contributed by atoms with van der Waals surface area (Å²) < 4.78 is 37.6. The molecule has 0 N–H and O–H groups in total. The molecule has 0 bridgehead atoms. The number of methoxy groups -OCH3 is 3. The van der Waals surface area contributed by atoms with Crippen LogP contribution in [0.4, 0.5) is 0 Å². The predicted octanol–water partition coefficient (Wildman–Crippen LogP) is 3.05. The molecule has 170 valence electrons. The highest BCUT2D eigenvalue weighted by Crippen LogP contribution is 2.14. The molecule has 0 fully saturated rings. The van der Waals surface area contributed by atoms with Crippen molar-refractivity contribution in [1.82, 2.24) is 0 Å². The van der Waals surface area contributed by atoms with Crippen molar-refractivity contribution in [3.63, 3.8) is 0 Å². The highest BCUT2D eigenvalue weighted by Gasteiger charge is 2.11. The summed E-state index contributed by atoms with van der Waals surface area (Å²) in [6.45, 7) is 2.27. The van der Waals surface area contributed by atoms with Crippen LogP contribution >= 0.6 is 0 Å². The van der Waals surface area contributed by atoms with Gasteiger partial charge in [0.15, 0.2) is 0 Å². The summed E-state index contributed by atoms with van der Waals surface area (Å²) in [5, 5.41) is 0. The lowest BCUT2D eigenvalue weighted by molar-refractivity contribution is -0.111. The molecule has 0 radical (unpaired) electrons. The van der Waals surface area contributed by atoms with E-state index in [1.165, 1.54) is 5.56 Å². The Bertz CT molecular complexity index is 556. The molecule has 30 heavy (non-hydrogen) atoms. The maximum absolute atomic E-state index is 5.72. The van der Waals surface area contributed by atoms with E-state index in [1.807, 2.05) is 12.1 Å². The van der Waals surface area contributed by atoms with Crippen molar-refractivity contribution in [1.29, 1.82) is 0 Å². The number of rotatable bonds is 19. The monoisotopic (exact) mass is 424 g/mol. The van der Waals surface area contributed by atoms with Crippen LogP contribution in [0.25, 0.3) is 0 Å². The number of hydrogen-bond donors (Lipinski definition) is 0. The lowest BCUT2D eigenvalue weighted by Gasteiger charge is -2.18. The highest BCUT2D eigenvalue weighted by atomic mass is 16.7. The van der Waals surface area contributed by atoms with Gasteiger partial charge in [-0.05, 0) is 37.0 Å². The molecule has 2 atom stereocenters. The van der Waals surface area contributed by atoms with E-state index in [2.05, 4.69) is 18.1 Å². The Morgan fingerprint density at radius 2 is 1.47 bits per heavy atom. The topological polar surface area (TPSA) is 64.6 Å². The van der Waals surface area contributed by atoms with E-state index in [-0.39, 0.29) is 25.8 Å². The first-order valence-electron chi connectivity index (χ1n) is 10.2. The third kappa shape index (κ3) is 12.8. The van der Waals surface area contributed by atoms with Crippen molar-refractivity contribution in [2.45, 2.75) is 37.9 Å². The number of benzene rings is 1. The lowest BCUT2D eigenvalue weighted by Crippen LogP contribution is -2.24. The van der Waals surface area contributed by atoms with E-state index in [4.69, 9.17) is 39.6 Å². The number of aryl methyl sites for hydroxylation is 1. The molecular weight excluding hydrogens is 388 g/mol. The van der Waals surface area contributed by atoms with Gasteiger partial charge in [0.1, 0.15) is 19.3 Å². The largest absolute Gasteiger partial charge is 0.497 e. The first-order chi connectivity index (χ1) is 14.7. The molecule has 1 aromatic rings. The van der Waals surface area contributed by atoms with E-state index >= 15 is 0 Å². The normalized spacial score (nSPS) is 13.0. The zero-order valence-corrected chi connectivity index (χ0v) is 18.5. The van der Waals surface area contributed by atoms with Gasteiger partial charge in [0.05, 0.1) is 45.7 Å². The van der Waals surface area contributed by atoms with E-state index in [1.54, 1.807) is 21.3 Å². The fourth-order valence-electron chi connectivity index (χ4n) is 2.71. The summed E-state index contributed by atoms with van der Waals surface area (Å²) in [7, 11) is 4.85. The molecule has 1 aromatic carbocycles. The Kier molecular flexibility index (Phi) is 15.9. The molecule has 0 spiro atoms. The Labute approximate surface area is 180 Å². The van der Waals surface area contributed by atoms with Gasteiger partial charge in [-0.15, -0.1) is 12.3 Å². The van der Waals surface area contributed by atoms with Crippen LogP contribution in [0.3, 0.4) is 0 Å². The van der Waals surface area contributed by atoms with Crippen LogP contribution in [0, 0.1) is 12.3 Å². The van der Waals surface area contributed by atoms with Crippen molar-refractivity contribution in [3.8, 4) is 18.1 Å². The SMILES string of the molecule is C#CC[C@@H](COCCOC[C@H](CCCc1ccc(OC)cc1)OCOC)OCOC. The van der Waals surface area contributed by atoms with Crippen molar-refractivity contribution in [2.75, 3.05) is 61.3 Å². The molecule has 0 saturated carbocycles. The minimum atomic E-state index is -0.175. The smallest absolute Gasteiger partial charge is 0.146 e. The third-order valence-electron chi connectivity index (χ3n) is 4.32. The molecule has 0 heterocycles. The molecule has 0 amide bonds. The van der Waals surface area contributed by atoms with Crippen molar-refractivity contribution >= 4 is 0 Å². The fourth-order valence-corrected chi connectivity index (χ4v) is 2.71. The fraction of sp³-hybridized carbons (Fsp3) is 0.652. The summed E-state index contributed by atoms with van der Waals surface area (Å²) in [6, 6.07) is 8.13. The summed E-state index contributed by atoms with van der Waals surface area (Å²) in [6.07, 6.45) is 8.45. The highest BCUT2D eigenvalue weighted by molar-refractivity contribution is 5.27. The van der Waals surface area contributed by atoms with Crippen molar-refractivity contribution in [2.24, 2.45) is 0 Å². The molecule has 7 heteroatoms. The zero-order chi connectivity index (χ0) is 21.9. The number of ether oxygens (including phenoxy) is 7. The molecule has 0 aromatic heterocycles. The van der Waals surface area contributed by atoms with Crippen LogP contribution < -0.4 is 4.74 Å². The summed E-state index contributed by atoms with van der Waals surface area (Å²) in [5.41, 5.74) is 1.27. The van der Waals surface area contributed by atoms with E-state index in [0.29, 0.717) is 32.8 Å². The average Bonchev–Trinajstić information content (AvgIpc) is 2.77. The summed E-state index contributed by atoms with van der Waals surface area (Å²) >= 11 is 0. The van der Waals surface area contributed by atoms with Crippen LogP contribution in [0.1, 0.15) is 24.8 Å². The summed E-state index contributed by atoms with van der Waals surface area (Å²) in [4.78, 5) is 0. The molecule has 0 unspecified atom stereocenters. The first-order valence-corrected chi connectivity index (χ1v) is 10.2. The molecule has 0 aliphatic carbocycles. The van der Waals surface area contributed by atoms with Gasteiger partial charge in [0.2, 0.25) is 0 Å². The molecule has 0 saturated heterocycles. The van der Waals surface area contributed by atoms with Gasteiger partial charge in [0.25, 0.3) is 0 Å². The first kappa shape index (κ1) is 26.4.